The van der Waals surface area contributed by atoms with E-state index in [1.54, 1.807) is 0 Å². The summed E-state index contributed by atoms with van der Waals surface area (Å²) in [6.45, 7) is 0. The van der Waals surface area contributed by atoms with Crippen LogP contribution in [-0.4, -0.2) is 15.0 Å². The Morgan fingerprint density at radius 2 is 0.775 bits per heavy atom. The molecular weight excluding hydrogens is 486 g/mol. The summed E-state index contributed by atoms with van der Waals surface area (Å²) >= 11 is 0. The lowest BCUT2D eigenvalue weighted by molar-refractivity contribution is 1.07. The lowest BCUT2D eigenvalue weighted by Crippen LogP contribution is -2.00. The number of aromatic nitrogens is 3. The van der Waals surface area contributed by atoms with E-state index in [-0.39, 0.29) is 0 Å². The molecule has 0 N–H and O–H groups in total. The van der Waals surface area contributed by atoms with Crippen molar-refractivity contribution in [3.8, 4) is 67.5 Å². The summed E-state index contributed by atoms with van der Waals surface area (Å²) in [6, 6.07) is 48.7. The molecule has 0 unspecified atom stereocenters. The number of hydrogen-bond acceptors (Lipinski definition) is 3. The molecule has 40 heavy (non-hydrogen) atoms. The Bertz CT molecular complexity index is 1970. The van der Waals surface area contributed by atoms with Crippen LogP contribution in [0.3, 0.4) is 0 Å². The fourth-order valence-corrected chi connectivity index (χ4v) is 5.73. The van der Waals surface area contributed by atoms with Crippen LogP contribution in [0.1, 0.15) is 0 Å². The Kier molecular flexibility index (Phi) is 5.14. The number of nitrogens with zero attached hydrogens (tertiary/aromatic N) is 3. The van der Waals surface area contributed by atoms with Crippen LogP contribution < -0.4 is 0 Å². The van der Waals surface area contributed by atoms with Gasteiger partial charge in [0.1, 0.15) is 0 Å². The SMILES string of the molecule is c1ccc(-c2nc(-c3ccccc3)nc(-c3ccc(-c4cc5c6c(cccc6c4)-c4ccccc4-5)cc3)n2)cc1. The zero-order valence-electron chi connectivity index (χ0n) is 21.6. The van der Waals surface area contributed by atoms with Crippen LogP contribution >= 0.6 is 0 Å². The maximum atomic E-state index is 4.88. The third kappa shape index (κ3) is 3.71. The van der Waals surface area contributed by atoms with Gasteiger partial charge in [-0.2, -0.15) is 0 Å². The van der Waals surface area contributed by atoms with E-state index >= 15 is 0 Å². The summed E-state index contributed by atoms with van der Waals surface area (Å²) in [7, 11) is 0. The largest absolute Gasteiger partial charge is 0.208 e. The zero-order valence-corrected chi connectivity index (χ0v) is 21.6. The van der Waals surface area contributed by atoms with E-state index in [0.29, 0.717) is 17.5 Å². The van der Waals surface area contributed by atoms with Gasteiger partial charge >= 0.3 is 0 Å². The third-order valence-corrected chi connectivity index (χ3v) is 7.66. The van der Waals surface area contributed by atoms with Crippen molar-refractivity contribution in [2.24, 2.45) is 0 Å². The molecule has 186 valence electrons. The predicted molar refractivity (Wildman–Crippen MR) is 164 cm³/mol. The fraction of sp³-hybridized carbons (Fsp3) is 0. The van der Waals surface area contributed by atoms with E-state index in [1.165, 1.54) is 38.6 Å². The molecule has 0 radical (unpaired) electrons. The van der Waals surface area contributed by atoms with Gasteiger partial charge in [-0.15, -0.1) is 0 Å². The fourth-order valence-electron chi connectivity index (χ4n) is 5.73. The lowest BCUT2D eigenvalue weighted by Gasteiger charge is -2.10. The molecule has 0 saturated heterocycles. The van der Waals surface area contributed by atoms with Crippen LogP contribution in [0.25, 0.3) is 78.3 Å². The van der Waals surface area contributed by atoms with Gasteiger partial charge in [-0.25, -0.2) is 15.0 Å². The number of fused-ring (bicyclic) bond motifs is 3. The third-order valence-electron chi connectivity index (χ3n) is 7.66. The van der Waals surface area contributed by atoms with Gasteiger partial charge in [-0.1, -0.05) is 127 Å². The van der Waals surface area contributed by atoms with Crippen LogP contribution in [0.2, 0.25) is 0 Å². The van der Waals surface area contributed by atoms with Crippen LogP contribution in [0, 0.1) is 0 Å². The van der Waals surface area contributed by atoms with Crippen LogP contribution in [0.15, 0.2) is 140 Å². The van der Waals surface area contributed by atoms with Crippen molar-refractivity contribution < 1.29 is 0 Å². The molecule has 0 amide bonds. The zero-order chi connectivity index (χ0) is 26.5. The minimum Gasteiger partial charge on any atom is -0.208 e. The van der Waals surface area contributed by atoms with Crippen molar-refractivity contribution in [2.75, 3.05) is 0 Å². The Morgan fingerprint density at radius 3 is 1.38 bits per heavy atom. The summed E-state index contributed by atoms with van der Waals surface area (Å²) in [5.74, 6) is 2.00. The van der Waals surface area contributed by atoms with Crippen LogP contribution in [0.5, 0.6) is 0 Å². The highest BCUT2D eigenvalue weighted by Crippen LogP contribution is 2.48. The first-order valence-corrected chi connectivity index (χ1v) is 13.5. The maximum Gasteiger partial charge on any atom is 0.164 e. The molecule has 0 spiro atoms. The molecule has 0 fully saturated rings. The van der Waals surface area contributed by atoms with Gasteiger partial charge < -0.3 is 0 Å². The Morgan fingerprint density at radius 1 is 0.300 bits per heavy atom. The Labute approximate surface area is 232 Å². The van der Waals surface area contributed by atoms with E-state index < -0.39 is 0 Å². The van der Waals surface area contributed by atoms with Gasteiger partial charge in [0.25, 0.3) is 0 Å². The quantitative estimate of drug-likeness (QED) is 0.237. The van der Waals surface area contributed by atoms with Gasteiger partial charge in [0.2, 0.25) is 0 Å². The topological polar surface area (TPSA) is 38.7 Å². The second-order valence-electron chi connectivity index (χ2n) is 10.1. The van der Waals surface area contributed by atoms with Gasteiger partial charge in [-0.05, 0) is 56.3 Å². The molecule has 6 aromatic carbocycles. The molecule has 7 aromatic rings. The average molecular weight is 510 g/mol. The highest BCUT2D eigenvalue weighted by atomic mass is 15.0. The lowest BCUT2D eigenvalue weighted by atomic mass is 9.95. The minimum atomic E-state index is 0.662. The van der Waals surface area contributed by atoms with Crippen molar-refractivity contribution in [3.05, 3.63) is 140 Å². The summed E-state index contributed by atoms with van der Waals surface area (Å²) in [6.07, 6.45) is 0. The summed E-state index contributed by atoms with van der Waals surface area (Å²) < 4.78 is 0. The van der Waals surface area contributed by atoms with Crippen molar-refractivity contribution in [1.82, 2.24) is 15.0 Å². The van der Waals surface area contributed by atoms with Crippen molar-refractivity contribution in [3.63, 3.8) is 0 Å². The summed E-state index contributed by atoms with van der Waals surface area (Å²) in [5, 5.41) is 2.61. The van der Waals surface area contributed by atoms with E-state index in [1.807, 2.05) is 60.7 Å². The predicted octanol–water partition coefficient (Wildman–Crippen LogP) is 9.34. The molecule has 0 saturated carbocycles. The molecular formula is C37H23N3. The molecule has 1 aliphatic rings. The number of rotatable bonds is 4. The molecule has 1 aliphatic carbocycles. The van der Waals surface area contributed by atoms with Crippen molar-refractivity contribution in [2.45, 2.75) is 0 Å². The molecule has 0 bridgehead atoms. The standard InChI is InChI=1S/C37H23N3/c1-3-10-25(11-4-1)35-38-36(26-12-5-2-6-13-26)40-37(39-35)27-20-18-24(19-21-27)29-22-28-14-9-17-32-30-15-7-8-16-31(30)33(23-29)34(28)32/h1-23H. The summed E-state index contributed by atoms with van der Waals surface area (Å²) in [5.41, 5.74) is 10.5. The second kappa shape index (κ2) is 9.11. The smallest absolute Gasteiger partial charge is 0.164 e. The highest BCUT2D eigenvalue weighted by molar-refractivity contribution is 6.16. The van der Waals surface area contributed by atoms with E-state index in [9.17, 15) is 0 Å². The molecule has 8 rings (SSSR count). The molecule has 3 nitrogen and oxygen atoms in total. The Balaban J connectivity index is 1.22. The monoisotopic (exact) mass is 509 g/mol. The molecule has 0 atom stereocenters. The Hall–Kier alpha value is -5.41. The van der Waals surface area contributed by atoms with E-state index in [0.717, 1.165) is 22.3 Å². The maximum absolute atomic E-state index is 4.88. The van der Waals surface area contributed by atoms with E-state index in [4.69, 9.17) is 15.0 Å². The first kappa shape index (κ1) is 22.6. The van der Waals surface area contributed by atoms with Gasteiger partial charge in [0.15, 0.2) is 17.5 Å². The molecule has 1 heterocycles. The van der Waals surface area contributed by atoms with Gasteiger partial charge in [0, 0.05) is 16.7 Å². The normalized spacial score (nSPS) is 11.5. The van der Waals surface area contributed by atoms with Crippen LogP contribution in [0.4, 0.5) is 0 Å². The van der Waals surface area contributed by atoms with Crippen molar-refractivity contribution in [1.29, 1.82) is 0 Å². The van der Waals surface area contributed by atoms with Gasteiger partial charge in [-0.3, -0.25) is 0 Å². The average Bonchev–Trinajstić information content (AvgIpc) is 3.36. The first-order chi connectivity index (χ1) is 19.8. The van der Waals surface area contributed by atoms with Crippen molar-refractivity contribution >= 4 is 10.8 Å². The highest BCUT2D eigenvalue weighted by Gasteiger charge is 2.21. The minimum absolute atomic E-state index is 0.662. The van der Waals surface area contributed by atoms with Crippen LogP contribution in [-0.2, 0) is 0 Å². The molecule has 1 aromatic heterocycles. The second-order valence-corrected chi connectivity index (χ2v) is 10.1. The number of benzene rings is 6. The number of hydrogen-bond donors (Lipinski definition) is 0. The van der Waals surface area contributed by atoms with Gasteiger partial charge in [0.05, 0.1) is 0 Å². The first-order valence-electron chi connectivity index (χ1n) is 13.5. The summed E-state index contributed by atoms with van der Waals surface area (Å²) in [4.78, 5) is 14.6. The van der Waals surface area contributed by atoms with E-state index in [2.05, 4.69) is 78.9 Å². The molecule has 3 heteroatoms. The molecule has 0 aliphatic heterocycles.